The second-order valence-electron chi connectivity index (χ2n) is 4.65. The fourth-order valence-electron chi connectivity index (χ4n) is 2.22. The van der Waals surface area contributed by atoms with Crippen LogP contribution in [0.2, 0.25) is 10.0 Å². The normalized spacial score (nSPS) is 11.1. The molecular formula is C15H13Cl2N3O3. The SMILES string of the molecule is CCOC(=O)c1cn2c(n1)c(OCC)nc1cc(Cl)c(Cl)cc12. The van der Waals surface area contributed by atoms with Crippen molar-refractivity contribution >= 4 is 45.9 Å². The molecule has 0 radical (unpaired) electrons. The number of esters is 1. The predicted octanol–water partition coefficient (Wildman–Crippen LogP) is 3.76. The van der Waals surface area contributed by atoms with Gasteiger partial charge in [0.2, 0.25) is 5.65 Å². The van der Waals surface area contributed by atoms with E-state index in [1.54, 1.807) is 29.7 Å². The molecule has 0 saturated carbocycles. The van der Waals surface area contributed by atoms with Gasteiger partial charge in [0, 0.05) is 6.20 Å². The van der Waals surface area contributed by atoms with Gasteiger partial charge >= 0.3 is 5.97 Å². The maximum Gasteiger partial charge on any atom is 0.358 e. The third-order valence-corrected chi connectivity index (χ3v) is 3.88. The summed E-state index contributed by atoms with van der Waals surface area (Å²) in [5.74, 6) is -0.194. The molecule has 0 amide bonds. The van der Waals surface area contributed by atoms with Gasteiger partial charge in [-0.05, 0) is 26.0 Å². The van der Waals surface area contributed by atoms with E-state index in [-0.39, 0.29) is 12.3 Å². The summed E-state index contributed by atoms with van der Waals surface area (Å²) in [5, 5.41) is 0.775. The molecule has 0 aliphatic heterocycles. The molecule has 0 N–H and O–H groups in total. The van der Waals surface area contributed by atoms with Gasteiger partial charge in [-0.1, -0.05) is 23.2 Å². The Labute approximate surface area is 141 Å². The molecule has 23 heavy (non-hydrogen) atoms. The van der Waals surface area contributed by atoms with Crippen LogP contribution in [0, 0.1) is 0 Å². The monoisotopic (exact) mass is 353 g/mol. The summed E-state index contributed by atoms with van der Waals surface area (Å²) >= 11 is 12.1. The van der Waals surface area contributed by atoms with Crippen LogP contribution in [0.5, 0.6) is 5.88 Å². The number of hydrogen-bond acceptors (Lipinski definition) is 5. The van der Waals surface area contributed by atoms with Gasteiger partial charge in [0.05, 0.1) is 34.3 Å². The highest BCUT2D eigenvalue weighted by molar-refractivity contribution is 6.42. The number of carbonyl (C=O) groups excluding carboxylic acids is 1. The highest BCUT2D eigenvalue weighted by Crippen LogP contribution is 2.30. The van der Waals surface area contributed by atoms with Crippen molar-refractivity contribution in [1.82, 2.24) is 14.4 Å². The summed E-state index contributed by atoms with van der Waals surface area (Å²) < 4.78 is 12.2. The summed E-state index contributed by atoms with van der Waals surface area (Å²) in [6.45, 7) is 4.26. The van der Waals surface area contributed by atoms with Crippen molar-refractivity contribution in [2.45, 2.75) is 13.8 Å². The number of ether oxygens (including phenoxy) is 2. The van der Waals surface area contributed by atoms with Gasteiger partial charge in [-0.15, -0.1) is 0 Å². The molecule has 0 saturated heterocycles. The van der Waals surface area contributed by atoms with Gasteiger partial charge < -0.3 is 9.47 Å². The molecule has 2 aromatic heterocycles. The standard InChI is InChI=1S/C15H13Cl2N3O3/c1-3-22-14-13-18-11(15(21)23-4-2)7-20(13)12-6-9(17)8(16)5-10(12)19-14/h5-7H,3-4H2,1-2H3. The molecule has 0 fully saturated rings. The van der Waals surface area contributed by atoms with Crippen LogP contribution in [0.3, 0.4) is 0 Å². The summed E-state index contributed by atoms with van der Waals surface area (Å²) in [7, 11) is 0. The molecule has 8 heteroatoms. The van der Waals surface area contributed by atoms with Crippen LogP contribution in [-0.4, -0.2) is 33.6 Å². The smallest absolute Gasteiger partial charge is 0.358 e. The van der Waals surface area contributed by atoms with E-state index < -0.39 is 5.97 Å². The highest BCUT2D eigenvalue weighted by Gasteiger charge is 2.18. The third kappa shape index (κ3) is 2.80. The summed E-state index contributed by atoms with van der Waals surface area (Å²) in [4.78, 5) is 20.6. The maximum atomic E-state index is 11.9. The second-order valence-corrected chi connectivity index (χ2v) is 5.46. The highest BCUT2D eigenvalue weighted by atomic mass is 35.5. The fraction of sp³-hybridized carbons (Fsp3) is 0.267. The lowest BCUT2D eigenvalue weighted by atomic mass is 10.3. The predicted molar refractivity (Wildman–Crippen MR) is 87.6 cm³/mol. The molecule has 0 atom stereocenters. The van der Waals surface area contributed by atoms with Crippen LogP contribution in [0.1, 0.15) is 24.3 Å². The quantitative estimate of drug-likeness (QED) is 0.668. The number of aromatic nitrogens is 3. The molecule has 3 aromatic rings. The number of hydrogen-bond donors (Lipinski definition) is 0. The average Bonchev–Trinajstić information content (AvgIpc) is 2.96. The van der Waals surface area contributed by atoms with Gasteiger partial charge in [-0.3, -0.25) is 4.40 Å². The zero-order valence-corrected chi connectivity index (χ0v) is 14.0. The van der Waals surface area contributed by atoms with E-state index in [0.29, 0.717) is 39.2 Å². The first-order valence-corrected chi connectivity index (χ1v) is 7.78. The molecule has 0 bridgehead atoms. The van der Waals surface area contributed by atoms with E-state index in [1.807, 2.05) is 6.92 Å². The topological polar surface area (TPSA) is 65.7 Å². The van der Waals surface area contributed by atoms with Gasteiger partial charge in [0.1, 0.15) is 0 Å². The average molecular weight is 354 g/mol. The minimum Gasteiger partial charge on any atom is -0.475 e. The van der Waals surface area contributed by atoms with Crippen molar-refractivity contribution in [3.63, 3.8) is 0 Å². The molecule has 120 valence electrons. The number of nitrogens with zero attached hydrogens (tertiary/aromatic N) is 3. The van der Waals surface area contributed by atoms with Crippen LogP contribution in [0.4, 0.5) is 0 Å². The Morgan fingerprint density at radius 1 is 1.17 bits per heavy atom. The minimum atomic E-state index is -0.508. The lowest BCUT2D eigenvalue weighted by molar-refractivity contribution is 0.0520. The number of imidazole rings is 1. The van der Waals surface area contributed by atoms with Crippen LogP contribution in [0.15, 0.2) is 18.3 Å². The Balaban J connectivity index is 2.32. The van der Waals surface area contributed by atoms with E-state index in [4.69, 9.17) is 32.7 Å². The lowest BCUT2D eigenvalue weighted by Gasteiger charge is -2.08. The molecule has 2 heterocycles. The number of carbonyl (C=O) groups is 1. The fourth-order valence-corrected chi connectivity index (χ4v) is 2.54. The van der Waals surface area contributed by atoms with Crippen molar-refractivity contribution in [2.75, 3.05) is 13.2 Å². The van der Waals surface area contributed by atoms with Crippen LogP contribution < -0.4 is 4.74 Å². The maximum absolute atomic E-state index is 11.9. The van der Waals surface area contributed by atoms with E-state index >= 15 is 0 Å². The van der Waals surface area contributed by atoms with Crippen molar-refractivity contribution in [3.05, 3.63) is 34.1 Å². The van der Waals surface area contributed by atoms with Gasteiger partial charge in [-0.25, -0.2) is 14.8 Å². The van der Waals surface area contributed by atoms with Crippen molar-refractivity contribution in [1.29, 1.82) is 0 Å². The Bertz CT molecular complexity index is 908. The molecule has 0 spiro atoms. The van der Waals surface area contributed by atoms with Crippen LogP contribution in [-0.2, 0) is 4.74 Å². The molecule has 0 aliphatic rings. The van der Waals surface area contributed by atoms with Gasteiger partial charge in [0.15, 0.2) is 5.69 Å². The minimum absolute atomic E-state index is 0.174. The van der Waals surface area contributed by atoms with Crippen molar-refractivity contribution < 1.29 is 14.3 Å². The van der Waals surface area contributed by atoms with Crippen molar-refractivity contribution in [2.24, 2.45) is 0 Å². The van der Waals surface area contributed by atoms with E-state index in [9.17, 15) is 4.79 Å². The lowest BCUT2D eigenvalue weighted by Crippen LogP contribution is -2.04. The molecule has 3 rings (SSSR count). The zero-order valence-electron chi connectivity index (χ0n) is 12.5. The van der Waals surface area contributed by atoms with E-state index in [0.717, 1.165) is 0 Å². The third-order valence-electron chi connectivity index (χ3n) is 3.16. The Kier molecular flexibility index (Phi) is 4.28. The Hall–Kier alpha value is -2.05. The first-order chi connectivity index (χ1) is 11.0. The number of benzene rings is 1. The van der Waals surface area contributed by atoms with E-state index in [1.165, 1.54) is 0 Å². The van der Waals surface area contributed by atoms with Gasteiger partial charge in [0.25, 0.3) is 5.88 Å². The second kappa shape index (κ2) is 6.22. The largest absolute Gasteiger partial charge is 0.475 e. The molecule has 0 aliphatic carbocycles. The molecular weight excluding hydrogens is 341 g/mol. The van der Waals surface area contributed by atoms with Crippen LogP contribution >= 0.6 is 23.2 Å². The molecule has 0 unspecified atom stereocenters. The van der Waals surface area contributed by atoms with Gasteiger partial charge in [-0.2, -0.15) is 0 Å². The Morgan fingerprint density at radius 2 is 1.91 bits per heavy atom. The molecule has 6 nitrogen and oxygen atoms in total. The number of fused-ring (bicyclic) bond motifs is 3. The Morgan fingerprint density at radius 3 is 2.61 bits per heavy atom. The first kappa shape index (κ1) is 15.8. The first-order valence-electron chi connectivity index (χ1n) is 7.03. The zero-order chi connectivity index (χ0) is 16.6. The summed E-state index contributed by atoms with van der Waals surface area (Å²) in [6, 6.07) is 3.32. The summed E-state index contributed by atoms with van der Waals surface area (Å²) in [6.07, 6.45) is 1.57. The van der Waals surface area contributed by atoms with E-state index in [2.05, 4.69) is 9.97 Å². The van der Waals surface area contributed by atoms with Crippen molar-refractivity contribution in [3.8, 4) is 5.88 Å². The number of rotatable bonds is 4. The number of halogens is 2. The molecule has 1 aromatic carbocycles. The van der Waals surface area contributed by atoms with Crippen LogP contribution in [0.25, 0.3) is 16.7 Å². The summed E-state index contributed by atoms with van der Waals surface area (Å²) in [5.41, 5.74) is 1.85.